The van der Waals surface area contributed by atoms with Crippen molar-refractivity contribution in [2.45, 2.75) is 70.4 Å². The molecule has 8 heteroatoms. The van der Waals surface area contributed by atoms with Crippen molar-refractivity contribution in [2.24, 2.45) is 5.92 Å². The highest BCUT2D eigenvalue weighted by atomic mass is 16.2. The predicted octanol–water partition coefficient (Wildman–Crippen LogP) is 1.41. The number of aromatic nitrogens is 3. The van der Waals surface area contributed by atoms with Gasteiger partial charge in [-0.15, -0.1) is 10.2 Å². The lowest BCUT2D eigenvalue weighted by Gasteiger charge is -2.43. The number of nitrogens with zero attached hydrogens (tertiary/aromatic N) is 5. The lowest BCUT2D eigenvalue weighted by atomic mass is 9.72. The minimum absolute atomic E-state index is 0.0546. The van der Waals surface area contributed by atoms with Crippen molar-refractivity contribution in [3.05, 3.63) is 11.6 Å². The largest absolute Gasteiger partial charge is 0.349 e. The first kappa shape index (κ1) is 20.3. The van der Waals surface area contributed by atoms with Crippen LogP contribution in [0, 0.1) is 5.92 Å². The van der Waals surface area contributed by atoms with E-state index < -0.39 is 0 Å². The van der Waals surface area contributed by atoms with Gasteiger partial charge in [-0.05, 0) is 65.3 Å². The van der Waals surface area contributed by atoms with E-state index in [0.29, 0.717) is 24.3 Å². The van der Waals surface area contributed by atoms with Crippen molar-refractivity contribution in [1.29, 1.82) is 0 Å². The van der Waals surface area contributed by atoms with E-state index in [1.54, 1.807) is 0 Å². The normalized spacial score (nSPS) is 20.9. The van der Waals surface area contributed by atoms with Gasteiger partial charge in [0.15, 0.2) is 0 Å². The number of hydrogen-bond donors (Lipinski definition) is 1. The van der Waals surface area contributed by atoms with Gasteiger partial charge in [-0.2, -0.15) is 0 Å². The molecule has 4 rings (SSSR count). The summed E-state index contributed by atoms with van der Waals surface area (Å²) in [5.74, 6) is 2.15. The van der Waals surface area contributed by atoms with Crippen LogP contribution in [0.4, 0.5) is 0 Å². The van der Waals surface area contributed by atoms with E-state index >= 15 is 0 Å². The number of carbonyl (C=O) groups excluding carboxylic acids is 2. The van der Waals surface area contributed by atoms with Crippen LogP contribution in [-0.4, -0.2) is 75.6 Å². The molecule has 1 N–H and O–H groups in total. The van der Waals surface area contributed by atoms with Gasteiger partial charge >= 0.3 is 0 Å². The summed E-state index contributed by atoms with van der Waals surface area (Å²) in [5.41, 5.74) is -0.0546. The minimum Gasteiger partial charge on any atom is -0.349 e. The van der Waals surface area contributed by atoms with Gasteiger partial charge in [0.05, 0.1) is 6.54 Å². The van der Waals surface area contributed by atoms with Gasteiger partial charge in [0.2, 0.25) is 11.7 Å². The average Bonchev–Trinajstić information content (AvgIpc) is 3.43. The van der Waals surface area contributed by atoms with Crippen LogP contribution < -0.4 is 5.32 Å². The van der Waals surface area contributed by atoms with E-state index in [0.717, 1.165) is 57.7 Å². The van der Waals surface area contributed by atoms with Crippen LogP contribution in [0.2, 0.25) is 0 Å². The molecule has 29 heavy (non-hydrogen) atoms. The summed E-state index contributed by atoms with van der Waals surface area (Å²) < 4.78 is 2.04. The van der Waals surface area contributed by atoms with E-state index in [4.69, 9.17) is 0 Å². The molecule has 1 saturated heterocycles. The van der Waals surface area contributed by atoms with Gasteiger partial charge in [0, 0.05) is 37.6 Å². The second-order valence-electron chi connectivity index (χ2n) is 9.43. The van der Waals surface area contributed by atoms with Crippen LogP contribution >= 0.6 is 0 Å². The Kier molecular flexibility index (Phi) is 5.64. The Hall–Kier alpha value is -1.96. The third-order valence-corrected chi connectivity index (χ3v) is 7.05. The number of hydrogen-bond acceptors (Lipinski definition) is 5. The van der Waals surface area contributed by atoms with Crippen LogP contribution in [0.1, 0.15) is 68.8 Å². The molecule has 1 aromatic heterocycles. The monoisotopic (exact) mass is 402 g/mol. The first-order valence-electron chi connectivity index (χ1n) is 11.1. The number of piperidine rings is 1. The quantitative estimate of drug-likeness (QED) is 0.778. The number of nitrogens with one attached hydrogen (secondary N) is 1. The molecular formula is C21H34N6O2. The highest BCUT2D eigenvalue weighted by molar-refractivity contribution is 5.90. The second kappa shape index (κ2) is 8.05. The maximum absolute atomic E-state index is 12.7. The highest BCUT2D eigenvalue weighted by Gasteiger charge is 2.44. The number of fused-ring (bicyclic) bond motifs is 2. The Bertz CT molecular complexity index is 761. The molecule has 3 aliphatic rings. The highest BCUT2D eigenvalue weighted by Crippen LogP contribution is 2.42. The molecule has 3 heterocycles. The van der Waals surface area contributed by atoms with Crippen molar-refractivity contribution >= 4 is 11.8 Å². The first-order valence-corrected chi connectivity index (χ1v) is 11.1. The molecule has 2 aliphatic heterocycles. The Morgan fingerprint density at radius 1 is 1.17 bits per heavy atom. The van der Waals surface area contributed by atoms with Crippen LogP contribution in [0.15, 0.2) is 0 Å². The van der Waals surface area contributed by atoms with Gasteiger partial charge in [-0.1, -0.05) is 0 Å². The van der Waals surface area contributed by atoms with Crippen molar-refractivity contribution < 1.29 is 9.59 Å². The van der Waals surface area contributed by atoms with E-state index in [1.165, 1.54) is 12.8 Å². The summed E-state index contributed by atoms with van der Waals surface area (Å²) in [6.45, 7) is 7.72. The summed E-state index contributed by atoms with van der Waals surface area (Å²) >= 11 is 0. The van der Waals surface area contributed by atoms with Gasteiger partial charge in [-0.25, -0.2) is 0 Å². The summed E-state index contributed by atoms with van der Waals surface area (Å²) in [6.07, 6.45) is 6.30. The lowest BCUT2D eigenvalue weighted by Crippen LogP contribution is -2.50. The van der Waals surface area contributed by atoms with E-state index in [1.807, 2.05) is 16.5 Å². The van der Waals surface area contributed by atoms with Crippen LogP contribution in [-0.2, 0) is 16.8 Å². The maximum atomic E-state index is 12.7. The Morgan fingerprint density at radius 3 is 2.55 bits per heavy atom. The maximum Gasteiger partial charge on any atom is 0.289 e. The van der Waals surface area contributed by atoms with Gasteiger partial charge in [0.1, 0.15) is 5.82 Å². The zero-order valence-electron chi connectivity index (χ0n) is 18.0. The number of amides is 2. The van der Waals surface area contributed by atoms with Crippen molar-refractivity contribution in [1.82, 2.24) is 29.9 Å². The number of likely N-dealkylation sites (tertiary alicyclic amines) is 1. The van der Waals surface area contributed by atoms with E-state index in [2.05, 4.69) is 34.3 Å². The van der Waals surface area contributed by atoms with Crippen molar-refractivity contribution in [3.8, 4) is 0 Å². The Balaban J connectivity index is 1.42. The molecule has 1 spiro atoms. The van der Waals surface area contributed by atoms with Crippen LogP contribution in [0.25, 0.3) is 0 Å². The summed E-state index contributed by atoms with van der Waals surface area (Å²) in [6, 6.07) is 0.358. The molecule has 1 aromatic rings. The van der Waals surface area contributed by atoms with Crippen molar-refractivity contribution in [3.63, 3.8) is 0 Å². The van der Waals surface area contributed by atoms with E-state index in [-0.39, 0.29) is 17.2 Å². The average molecular weight is 403 g/mol. The zero-order valence-corrected chi connectivity index (χ0v) is 18.0. The Labute approximate surface area is 173 Å². The number of rotatable bonds is 6. The fourth-order valence-corrected chi connectivity index (χ4v) is 4.55. The van der Waals surface area contributed by atoms with Crippen LogP contribution in [0.3, 0.4) is 0 Å². The standard InChI is InChI=1S/C21H34N6O2/c1-15(2)25(3)14-17(28)26-11-8-21(9-12-26)7-4-10-27-18(23-24-20(21)27)19(29)22-13-16-5-6-16/h15-16H,4-14H2,1-3H3,(H,22,29). The number of likely N-dealkylation sites (N-methyl/N-ethyl adjacent to an activating group) is 1. The molecule has 0 bridgehead atoms. The summed E-state index contributed by atoms with van der Waals surface area (Å²) in [5, 5.41) is 11.8. The third-order valence-electron chi connectivity index (χ3n) is 7.05. The Morgan fingerprint density at radius 2 is 1.90 bits per heavy atom. The first-order chi connectivity index (χ1) is 13.9. The SMILES string of the molecule is CC(C)N(C)CC(=O)N1CCC2(CCCn3c(C(=O)NCC4CC4)nnc32)CC1. The topological polar surface area (TPSA) is 83.4 Å². The molecular weight excluding hydrogens is 368 g/mol. The third kappa shape index (κ3) is 4.17. The van der Waals surface area contributed by atoms with E-state index in [9.17, 15) is 9.59 Å². The molecule has 8 nitrogen and oxygen atoms in total. The molecule has 0 radical (unpaired) electrons. The smallest absolute Gasteiger partial charge is 0.289 e. The predicted molar refractivity (Wildman–Crippen MR) is 110 cm³/mol. The molecule has 0 atom stereocenters. The fraction of sp³-hybridized carbons (Fsp3) is 0.810. The van der Waals surface area contributed by atoms with Gasteiger partial charge < -0.3 is 14.8 Å². The molecule has 0 aromatic carbocycles. The zero-order chi connectivity index (χ0) is 20.6. The molecule has 1 aliphatic carbocycles. The molecule has 2 fully saturated rings. The number of carbonyl (C=O) groups is 2. The fourth-order valence-electron chi connectivity index (χ4n) is 4.55. The molecule has 2 amide bonds. The van der Waals surface area contributed by atoms with Gasteiger partial charge in [0.25, 0.3) is 5.91 Å². The lowest BCUT2D eigenvalue weighted by molar-refractivity contribution is -0.134. The summed E-state index contributed by atoms with van der Waals surface area (Å²) in [4.78, 5) is 29.3. The van der Waals surface area contributed by atoms with Crippen LogP contribution in [0.5, 0.6) is 0 Å². The van der Waals surface area contributed by atoms with Crippen molar-refractivity contribution in [2.75, 3.05) is 33.2 Å². The van der Waals surface area contributed by atoms with Gasteiger partial charge in [-0.3, -0.25) is 14.5 Å². The molecule has 0 unspecified atom stereocenters. The minimum atomic E-state index is -0.1000. The second-order valence-corrected chi connectivity index (χ2v) is 9.43. The summed E-state index contributed by atoms with van der Waals surface area (Å²) in [7, 11) is 1.99. The molecule has 160 valence electrons. The molecule has 1 saturated carbocycles.